The lowest BCUT2D eigenvalue weighted by molar-refractivity contribution is -0.149. The summed E-state index contributed by atoms with van der Waals surface area (Å²) in [6.45, 7) is 7.17. The van der Waals surface area contributed by atoms with Crippen LogP contribution in [0.4, 0.5) is 0 Å². The maximum Gasteiger partial charge on any atom is 0.229 e. The third-order valence-corrected chi connectivity index (χ3v) is 8.02. The van der Waals surface area contributed by atoms with Gasteiger partial charge in [-0.05, 0) is 66.3 Å². The Morgan fingerprint density at radius 3 is 2.39 bits per heavy atom. The molecule has 2 aromatic carbocycles. The zero-order valence-electron chi connectivity index (χ0n) is 19.6. The second-order valence-corrected chi connectivity index (χ2v) is 11.1. The number of carbonyl (C=O) groups excluding carboxylic acids is 2. The summed E-state index contributed by atoms with van der Waals surface area (Å²) in [4.78, 5) is 31.2. The third kappa shape index (κ3) is 4.42. The fourth-order valence-corrected chi connectivity index (χ4v) is 5.98. The first-order valence-electron chi connectivity index (χ1n) is 12.3. The van der Waals surface area contributed by atoms with Crippen molar-refractivity contribution in [1.29, 1.82) is 0 Å². The Morgan fingerprint density at radius 2 is 1.73 bits per heavy atom. The Balaban J connectivity index is 1.29. The van der Waals surface area contributed by atoms with Crippen molar-refractivity contribution < 1.29 is 9.59 Å². The molecular formula is C28H33ClN2O2. The maximum atomic E-state index is 13.8. The van der Waals surface area contributed by atoms with Gasteiger partial charge in [0.1, 0.15) is 0 Å². The molecule has 0 N–H and O–H groups in total. The summed E-state index contributed by atoms with van der Waals surface area (Å²) in [5.74, 6) is 1.34. The summed E-state index contributed by atoms with van der Waals surface area (Å²) in [7, 11) is 0. The number of piperidine rings is 1. The van der Waals surface area contributed by atoms with Gasteiger partial charge in [0.05, 0.1) is 5.41 Å². The Hall–Kier alpha value is -2.33. The van der Waals surface area contributed by atoms with E-state index in [1.807, 2.05) is 29.2 Å². The topological polar surface area (TPSA) is 40.6 Å². The second-order valence-electron chi connectivity index (χ2n) is 10.6. The molecule has 1 spiro atoms. The van der Waals surface area contributed by atoms with E-state index in [0.717, 1.165) is 37.3 Å². The van der Waals surface area contributed by atoms with Crippen LogP contribution >= 0.6 is 11.6 Å². The van der Waals surface area contributed by atoms with E-state index in [2.05, 4.69) is 43.0 Å². The fourth-order valence-electron chi connectivity index (χ4n) is 5.85. The first-order chi connectivity index (χ1) is 15.9. The van der Waals surface area contributed by atoms with E-state index in [9.17, 15) is 9.59 Å². The highest BCUT2D eigenvalue weighted by Gasteiger charge is 2.50. The van der Waals surface area contributed by atoms with Crippen LogP contribution in [0.5, 0.6) is 0 Å². The van der Waals surface area contributed by atoms with Crippen molar-refractivity contribution in [3.05, 3.63) is 70.2 Å². The van der Waals surface area contributed by atoms with Gasteiger partial charge in [-0.25, -0.2) is 0 Å². The molecule has 174 valence electrons. The van der Waals surface area contributed by atoms with Gasteiger partial charge in [0.2, 0.25) is 11.8 Å². The van der Waals surface area contributed by atoms with Gasteiger partial charge in [0, 0.05) is 37.1 Å². The summed E-state index contributed by atoms with van der Waals surface area (Å²) < 4.78 is 0. The van der Waals surface area contributed by atoms with Crippen LogP contribution in [0.15, 0.2) is 48.5 Å². The number of amides is 2. The van der Waals surface area contributed by atoms with Crippen LogP contribution in [0.25, 0.3) is 0 Å². The van der Waals surface area contributed by atoms with Crippen LogP contribution < -0.4 is 0 Å². The van der Waals surface area contributed by atoms with Crippen LogP contribution in [-0.2, 0) is 22.6 Å². The zero-order valence-corrected chi connectivity index (χ0v) is 20.4. The number of fused-ring (bicyclic) bond motifs is 1. The number of nitrogens with zero attached hydrogens (tertiary/aromatic N) is 2. The van der Waals surface area contributed by atoms with E-state index < -0.39 is 5.41 Å². The van der Waals surface area contributed by atoms with Crippen molar-refractivity contribution in [3.63, 3.8) is 0 Å². The zero-order chi connectivity index (χ0) is 23.2. The average molecular weight is 465 g/mol. The Labute approximate surface area is 201 Å². The van der Waals surface area contributed by atoms with Gasteiger partial charge in [0.15, 0.2) is 0 Å². The largest absolute Gasteiger partial charge is 0.342 e. The normalized spacial score (nSPS) is 24.1. The molecule has 33 heavy (non-hydrogen) atoms. The van der Waals surface area contributed by atoms with Crippen LogP contribution in [0.3, 0.4) is 0 Å². The molecule has 0 aromatic heterocycles. The van der Waals surface area contributed by atoms with Crippen molar-refractivity contribution in [1.82, 2.24) is 9.80 Å². The SMILES string of the molecule is CC(C)CN1Cc2ccccc2CC2(CCN(C(=O)[C@H]3C[C@@H]3c3ccc(Cl)cc3)CC2)C1=O. The number of hydrogen-bond acceptors (Lipinski definition) is 2. The van der Waals surface area contributed by atoms with Gasteiger partial charge in [0.25, 0.3) is 0 Å². The molecule has 0 unspecified atom stereocenters. The van der Waals surface area contributed by atoms with E-state index >= 15 is 0 Å². The number of carbonyl (C=O) groups is 2. The molecule has 2 heterocycles. The maximum absolute atomic E-state index is 13.8. The molecule has 1 saturated heterocycles. The molecule has 0 bridgehead atoms. The highest BCUT2D eigenvalue weighted by molar-refractivity contribution is 6.30. The quantitative estimate of drug-likeness (QED) is 0.616. The van der Waals surface area contributed by atoms with E-state index in [-0.39, 0.29) is 17.7 Å². The van der Waals surface area contributed by atoms with Crippen LogP contribution in [0, 0.1) is 17.3 Å². The number of rotatable bonds is 4. The Bertz CT molecular complexity index is 1040. The highest BCUT2D eigenvalue weighted by Crippen LogP contribution is 2.49. The molecule has 2 amide bonds. The number of halogens is 1. The summed E-state index contributed by atoms with van der Waals surface area (Å²) in [5.41, 5.74) is 3.37. The van der Waals surface area contributed by atoms with Gasteiger partial charge in [-0.2, -0.15) is 0 Å². The smallest absolute Gasteiger partial charge is 0.229 e. The molecule has 2 aromatic rings. The molecule has 2 atom stereocenters. The van der Waals surface area contributed by atoms with Gasteiger partial charge >= 0.3 is 0 Å². The predicted molar refractivity (Wildman–Crippen MR) is 131 cm³/mol. The van der Waals surface area contributed by atoms with Gasteiger partial charge in [-0.3, -0.25) is 9.59 Å². The first kappa shape index (κ1) is 22.5. The summed E-state index contributed by atoms with van der Waals surface area (Å²) in [5, 5.41) is 0.727. The Morgan fingerprint density at radius 1 is 1.06 bits per heavy atom. The molecule has 2 aliphatic heterocycles. The van der Waals surface area contributed by atoms with Gasteiger partial charge in [-0.15, -0.1) is 0 Å². The first-order valence-corrected chi connectivity index (χ1v) is 12.6. The van der Waals surface area contributed by atoms with Crippen LogP contribution in [0.1, 0.15) is 55.7 Å². The van der Waals surface area contributed by atoms with E-state index in [1.165, 1.54) is 16.7 Å². The molecule has 2 fully saturated rings. The lowest BCUT2D eigenvalue weighted by Crippen LogP contribution is -2.52. The van der Waals surface area contributed by atoms with Gasteiger partial charge < -0.3 is 9.80 Å². The van der Waals surface area contributed by atoms with Gasteiger partial charge in [-0.1, -0.05) is 61.8 Å². The monoisotopic (exact) mass is 464 g/mol. The lowest BCUT2D eigenvalue weighted by Gasteiger charge is -2.42. The van der Waals surface area contributed by atoms with Crippen molar-refractivity contribution in [2.75, 3.05) is 19.6 Å². The molecule has 0 radical (unpaired) electrons. The average Bonchev–Trinajstić information content (AvgIpc) is 3.61. The molecule has 3 aliphatic rings. The fraction of sp³-hybridized carbons (Fsp3) is 0.500. The Kier molecular flexibility index (Phi) is 5.98. The minimum atomic E-state index is -0.391. The molecule has 5 rings (SSSR count). The summed E-state index contributed by atoms with van der Waals surface area (Å²) in [6.07, 6.45) is 3.20. The second kappa shape index (κ2) is 8.79. The number of benzene rings is 2. The minimum Gasteiger partial charge on any atom is -0.342 e. The van der Waals surface area contributed by atoms with Crippen LogP contribution in [0.2, 0.25) is 5.02 Å². The van der Waals surface area contributed by atoms with E-state index in [4.69, 9.17) is 11.6 Å². The molecule has 4 nitrogen and oxygen atoms in total. The summed E-state index contributed by atoms with van der Waals surface area (Å²) in [6, 6.07) is 16.4. The minimum absolute atomic E-state index is 0.0724. The number of likely N-dealkylation sites (tertiary alicyclic amines) is 1. The standard InChI is InChI=1S/C28H33ClN2O2/c1-19(2)17-31-18-22-6-4-3-5-21(22)16-28(27(31)33)11-13-30(14-12-28)26(32)25-15-24(25)20-7-9-23(29)10-8-20/h3-10,19,24-25H,11-18H2,1-2H3/t24-,25+/m1/s1. The highest BCUT2D eigenvalue weighted by atomic mass is 35.5. The van der Waals surface area contributed by atoms with E-state index in [1.54, 1.807) is 0 Å². The third-order valence-electron chi connectivity index (χ3n) is 7.77. The summed E-state index contributed by atoms with van der Waals surface area (Å²) >= 11 is 6.02. The molecule has 1 aliphatic carbocycles. The van der Waals surface area contributed by atoms with Crippen molar-refractivity contribution in [2.45, 2.75) is 52.0 Å². The predicted octanol–water partition coefficient (Wildman–Crippen LogP) is 5.29. The van der Waals surface area contributed by atoms with Crippen molar-refractivity contribution in [3.8, 4) is 0 Å². The molecule has 1 saturated carbocycles. The van der Waals surface area contributed by atoms with Crippen LogP contribution in [-0.4, -0.2) is 41.2 Å². The number of hydrogen-bond donors (Lipinski definition) is 0. The van der Waals surface area contributed by atoms with Crippen molar-refractivity contribution >= 4 is 23.4 Å². The lowest BCUT2D eigenvalue weighted by atomic mass is 9.72. The van der Waals surface area contributed by atoms with Crippen molar-refractivity contribution in [2.24, 2.45) is 17.3 Å². The van der Waals surface area contributed by atoms with E-state index in [0.29, 0.717) is 31.5 Å². The molecule has 5 heteroatoms. The molecular weight excluding hydrogens is 432 g/mol.